The number of hydrogen-bond acceptors (Lipinski definition) is 3. The molecule has 5 rings (SSSR count). The number of pyridine rings is 1. The van der Waals surface area contributed by atoms with E-state index in [1.807, 2.05) is 18.6 Å². The number of benzene rings is 2. The van der Waals surface area contributed by atoms with Gasteiger partial charge in [0.05, 0.1) is 11.4 Å². The molecule has 0 unspecified atom stereocenters. The van der Waals surface area contributed by atoms with Gasteiger partial charge >= 0.3 is 0 Å². The molecule has 2 N–H and O–H groups in total. The number of imidazole rings is 1. The fourth-order valence-electron chi connectivity index (χ4n) is 4.46. The lowest BCUT2D eigenvalue weighted by atomic mass is 10.1. The van der Waals surface area contributed by atoms with E-state index in [0.717, 1.165) is 54.2 Å². The number of H-pyrrole nitrogens is 1. The normalized spacial score (nSPS) is 11.3. The van der Waals surface area contributed by atoms with Gasteiger partial charge in [0.2, 0.25) is 0 Å². The van der Waals surface area contributed by atoms with Gasteiger partial charge in [-0.3, -0.25) is 4.40 Å². The van der Waals surface area contributed by atoms with Crippen LogP contribution >= 0.6 is 0 Å². The topological polar surface area (TPSA) is 48.4 Å². The number of rotatable bonds is 8. The Hall–Kier alpha value is -3.73. The molecule has 0 saturated heterocycles. The second-order valence-electron chi connectivity index (χ2n) is 8.16. The first-order valence-electron chi connectivity index (χ1n) is 11.4. The van der Waals surface area contributed by atoms with Crippen LogP contribution in [0.1, 0.15) is 26.7 Å². The van der Waals surface area contributed by atoms with Crippen LogP contribution in [0.4, 0.5) is 17.1 Å². The highest BCUT2D eigenvalue weighted by atomic mass is 15.1. The smallest absolute Gasteiger partial charge is 0.161 e. The van der Waals surface area contributed by atoms with Gasteiger partial charge in [0, 0.05) is 59.5 Å². The summed E-state index contributed by atoms with van der Waals surface area (Å²) in [4.78, 5) is 10.4. The summed E-state index contributed by atoms with van der Waals surface area (Å²) in [6.45, 7) is 6.64. The predicted octanol–water partition coefficient (Wildman–Crippen LogP) is 6.85. The van der Waals surface area contributed by atoms with Crippen LogP contribution < -0.4 is 10.2 Å². The molecule has 0 aliphatic rings. The minimum Gasteiger partial charge on any atom is -0.372 e. The molecule has 0 radical (unpaired) electrons. The van der Waals surface area contributed by atoms with Crippen molar-refractivity contribution in [3.63, 3.8) is 0 Å². The van der Waals surface area contributed by atoms with E-state index in [-0.39, 0.29) is 0 Å². The van der Waals surface area contributed by atoms with Gasteiger partial charge in [-0.05, 0) is 61.4 Å². The highest BCUT2D eigenvalue weighted by Gasteiger charge is 2.12. The standard InChI is InChI=1S/C27H29N5/c1-3-17-31(18-4-2)21-10-8-20(9-11-21)30-25-12-13-26(32-19-16-29-27(25)32)23-6-5-7-24-22(23)14-15-28-24/h5-16,19,28,30H,3-4,17-18H2,1-2H3. The molecular formula is C27H29N5. The number of aromatic nitrogens is 3. The Labute approximate surface area is 188 Å². The summed E-state index contributed by atoms with van der Waals surface area (Å²) in [6.07, 6.45) is 8.18. The van der Waals surface area contributed by atoms with Gasteiger partial charge in [-0.15, -0.1) is 0 Å². The molecular weight excluding hydrogens is 394 g/mol. The summed E-state index contributed by atoms with van der Waals surface area (Å²) in [5.41, 5.74) is 7.70. The van der Waals surface area contributed by atoms with Crippen molar-refractivity contribution in [2.45, 2.75) is 26.7 Å². The molecule has 3 heterocycles. The third-order valence-electron chi connectivity index (χ3n) is 5.92. The van der Waals surface area contributed by atoms with Crippen molar-refractivity contribution in [2.75, 3.05) is 23.3 Å². The third kappa shape index (κ3) is 3.71. The van der Waals surface area contributed by atoms with E-state index in [2.05, 4.69) is 99.1 Å². The van der Waals surface area contributed by atoms with Crippen LogP contribution in [0.2, 0.25) is 0 Å². The Morgan fingerprint density at radius 3 is 2.53 bits per heavy atom. The molecule has 0 saturated carbocycles. The monoisotopic (exact) mass is 423 g/mol. The summed E-state index contributed by atoms with van der Waals surface area (Å²) in [7, 11) is 0. The van der Waals surface area contributed by atoms with Crippen LogP contribution in [-0.2, 0) is 0 Å². The van der Waals surface area contributed by atoms with E-state index in [4.69, 9.17) is 0 Å². The Morgan fingerprint density at radius 1 is 0.938 bits per heavy atom. The van der Waals surface area contributed by atoms with Crippen LogP contribution in [0.3, 0.4) is 0 Å². The van der Waals surface area contributed by atoms with Crippen LogP contribution in [0.15, 0.2) is 79.3 Å². The molecule has 0 spiro atoms. The van der Waals surface area contributed by atoms with Crippen molar-refractivity contribution >= 4 is 33.6 Å². The molecule has 0 aliphatic carbocycles. The molecule has 5 aromatic rings. The highest BCUT2D eigenvalue weighted by molar-refractivity contribution is 5.95. The Kier molecular flexibility index (Phi) is 5.55. The SMILES string of the molecule is CCCN(CCC)c1ccc(Nc2ccc(-c3cccc4[nH]ccc34)n3ccnc23)cc1. The van der Waals surface area contributed by atoms with Gasteiger partial charge < -0.3 is 15.2 Å². The molecule has 162 valence electrons. The van der Waals surface area contributed by atoms with Crippen molar-refractivity contribution in [2.24, 2.45) is 0 Å². The maximum atomic E-state index is 4.65. The second-order valence-corrected chi connectivity index (χ2v) is 8.16. The average Bonchev–Trinajstić information content (AvgIpc) is 3.50. The molecule has 0 atom stereocenters. The quantitative estimate of drug-likeness (QED) is 0.287. The molecule has 5 heteroatoms. The maximum absolute atomic E-state index is 4.65. The third-order valence-corrected chi connectivity index (χ3v) is 5.92. The van der Waals surface area contributed by atoms with Crippen molar-refractivity contribution in [1.29, 1.82) is 0 Å². The first-order valence-corrected chi connectivity index (χ1v) is 11.4. The Balaban J connectivity index is 1.46. The van der Waals surface area contributed by atoms with Gasteiger partial charge in [-0.1, -0.05) is 26.0 Å². The van der Waals surface area contributed by atoms with Crippen molar-refractivity contribution < 1.29 is 0 Å². The first kappa shape index (κ1) is 20.2. The maximum Gasteiger partial charge on any atom is 0.161 e. The lowest BCUT2D eigenvalue weighted by Crippen LogP contribution is -2.24. The molecule has 0 aliphatic heterocycles. The number of aromatic amines is 1. The van der Waals surface area contributed by atoms with Gasteiger partial charge in [0.25, 0.3) is 0 Å². The number of fused-ring (bicyclic) bond motifs is 2. The zero-order valence-corrected chi connectivity index (χ0v) is 18.7. The summed E-state index contributed by atoms with van der Waals surface area (Å²) in [5.74, 6) is 0. The van der Waals surface area contributed by atoms with E-state index < -0.39 is 0 Å². The Morgan fingerprint density at radius 2 is 1.75 bits per heavy atom. The number of nitrogens with one attached hydrogen (secondary N) is 2. The largest absolute Gasteiger partial charge is 0.372 e. The fraction of sp³-hybridized carbons (Fsp3) is 0.222. The van der Waals surface area contributed by atoms with E-state index in [1.165, 1.54) is 16.6 Å². The van der Waals surface area contributed by atoms with E-state index in [1.54, 1.807) is 0 Å². The summed E-state index contributed by atoms with van der Waals surface area (Å²) in [5, 5.41) is 4.78. The minimum atomic E-state index is 0.915. The van der Waals surface area contributed by atoms with E-state index >= 15 is 0 Å². The highest BCUT2D eigenvalue weighted by Crippen LogP contribution is 2.32. The molecule has 2 aromatic carbocycles. The van der Waals surface area contributed by atoms with Crippen LogP contribution in [0, 0.1) is 0 Å². The average molecular weight is 424 g/mol. The van der Waals surface area contributed by atoms with Crippen molar-refractivity contribution in [3.05, 3.63) is 79.3 Å². The van der Waals surface area contributed by atoms with Crippen LogP contribution in [0.25, 0.3) is 27.8 Å². The molecule has 0 bridgehead atoms. The lowest BCUT2D eigenvalue weighted by molar-refractivity contribution is 0.745. The molecule has 32 heavy (non-hydrogen) atoms. The van der Waals surface area contributed by atoms with E-state index in [0.29, 0.717) is 0 Å². The lowest BCUT2D eigenvalue weighted by Gasteiger charge is -2.24. The zero-order chi connectivity index (χ0) is 21.9. The summed E-state index contributed by atoms with van der Waals surface area (Å²) in [6, 6.07) is 21.5. The fourth-order valence-corrected chi connectivity index (χ4v) is 4.46. The van der Waals surface area contributed by atoms with Crippen LogP contribution in [-0.4, -0.2) is 27.5 Å². The number of hydrogen-bond donors (Lipinski definition) is 2. The van der Waals surface area contributed by atoms with Gasteiger partial charge in [0.1, 0.15) is 0 Å². The molecule has 0 amide bonds. The minimum absolute atomic E-state index is 0.915. The summed E-state index contributed by atoms with van der Waals surface area (Å²) < 4.78 is 2.16. The van der Waals surface area contributed by atoms with Crippen molar-refractivity contribution in [1.82, 2.24) is 14.4 Å². The second kappa shape index (κ2) is 8.79. The zero-order valence-electron chi connectivity index (χ0n) is 18.7. The van der Waals surface area contributed by atoms with E-state index in [9.17, 15) is 0 Å². The number of nitrogens with zero attached hydrogens (tertiary/aromatic N) is 3. The molecule has 0 fully saturated rings. The summed E-state index contributed by atoms with van der Waals surface area (Å²) >= 11 is 0. The van der Waals surface area contributed by atoms with Crippen LogP contribution in [0.5, 0.6) is 0 Å². The van der Waals surface area contributed by atoms with Crippen molar-refractivity contribution in [3.8, 4) is 11.3 Å². The predicted molar refractivity (Wildman–Crippen MR) is 135 cm³/mol. The first-order chi connectivity index (χ1) is 15.8. The molecule has 3 aromatic heterocycles. The van der Waals surface area contributed by atoms with Gasteiger partial charge in [-0.25, -0.2) is 4.98 Å². The molecule has 5 nitrogen and oxygen atoms in total. The van der Waals surface area contributed by atoms with Gasteiger partial charge in [0.15, 0.2) is 5.65 Å². The Bertz CT molecular complexity index is 1320. The van der Waals surface area contributed by atoms with Gasteiger partial charge in [-0.2, -0.15) is 0 Å². The number of anilines is 3.